The zero-order chi connectivity index (χ0) is 20.1. The van der Waals surface area contributed by atoms with Crippen LogP contribution >= 0.6 is 39.9 Å². The number of thioether (sulfide) groups is 1. The molecule has 1 fully saturated rings. The second kappa shape index (κ2) is 9.36. The van der Waals surface area contributed by atoms with Crippen molar-refractivity contribution in [3.05, 3.63) is 69.0 Å². The number of benzene rings is 2. The molecule has 0 bridgehead atoms. The lowest BCUT2D eigenvalue weighted by Gasteiger charge is -2.12. The Kier molecular flexibility index (Phi) is 6.88. The minimum atomic E-state index is -0.965. The van der Waals surface area contributed by atoms with E-state index in [1.54, 1.807) is 6.08 Å². The highest BCUT2D eigenvalue weighted by atomic mass is 79.9. The number of aliphatic carboxylic acids is 1. The fraction of sp³-hybridized carbons (Fsp3) is 0.150. The van der Waals surface area contributed by atoms with Crippen molar-refractivity contribution >= 4 is 62.2 Å². The summed E-state index contributed by atoms with van der Waals surface area (Å²) in [5.74, 6) is -0.528. The third-order valence-electron chi connectivity index (χ3n) is 3.91. The normalized spacial score (nSPS) is 15.3. The van der Waals surface area contributed by atoms with Gasteiger partial charge in [0.15, 0.2) is 0 Å². The predicted octanol–water partition coefficient (Wildman–Crippen LogP) is 4.70. The first kappa shape index (κ1) is 20.6. The van der Waals surface area contributed by atoms with Crippen LogP contribution in [-0.4, -0.2) is 32.7 Å². The number of carbonyl (C=O) groups excluding carboxylic acids is 1. The second-order valence-corrected chi connectivity index (χ2v) is 8.47. The Bertz CT molecular complexity index is 946. The number of ether oxygens (including phenoxy) is 1. The molecule has 28 heavy (non-hydrogen) atoms. The standard InChI is InChI=1S/C20H16BrNO4S2/c21-15-10-14(6-7-16(15)26-12-13-4-2-1-3-5-13)11-17-19(25)22(20(27)28-17)9-8-18(23)24/h1-7,10-11H,8-9,12H2,(H,23,24)/b17-11+. The van der Waals surface area contributed by atoms with E-state index in [0.717, 1.165) is 15.6 Å². The SMILES string of the molecule is O=C(O)CCN1C(=O)/C(=C\c2ccc(OCc3ccccc3)c(Br)c2)SC1=S. The molecule has 1 N–H and O–H groups in total. The van der Waals surface area contributed by atoms with Gasteiger partial charge in [0.2, 0.25) is 0 Å². The molecule has 0 unspecified atom stereocenters. The van der Waals surface area contributed by atoms with Crippen molar-refractivity contribution in [2.75, 3.05) is 6.54 Å². The van der Waals surface area contributed by atoms with Gasteiger partial charge in [0, 0.05) is 6.54 Å². The van der Waals surface area contributed by atoms with Gasteiger partial charge in [-0.05, 0) is 45.3 Å². The lowest BCUT2D eigenvalue weighted by Crippen LogP contribution is -2.30. The number of carboxylic acids is 1. The molecule has 1 aliphatic rings. The topological polar surface area (TPSA) is 66.8 Å². The van der Waals surface area contributed by atoms with Gasteiger partial charge in [0.05, 0.1) is 15.8 Å². The van der Waals surface area contributed by atoms with E-state index in [1.165, 1.54) is 16.7 Å². The monoisotopic (exact) mass is 477 g/mol. The van der Waals surface area contributed by atoms with Crippen LogP contribution in [-0.2, 0) is 16.2 Å². The highest BCUT2D eigenvalue weighted by Crippen LogP contribution is 2.34. The molecule has 144 valence electrons. The fourth-order valence-corrected chi connectivity index (χ4v) is 4.33. The Morgan fingerprint density at radius 2 is 2.00 bits per heavy atom. The number of hydrogen-bond acceptors (Lipinski definition) is 5. The van der Waals surface area contributed by atoms with Gasteiger partial charge in [-0.15, -0.1) is 0 Å². The van der Waals surface area contributed by atoms with Crippen molar-refractivity contribution in [3.63, 3.8) is 0 Å². The number of nitrogens with zero attached hydrogens (tertiary/aromatic N) is 1. The maximum absolute atomic E-state index is 12.5. The largest absolute Gasteiger partial charge is 0.488 e. The Labute approximate surface area is 180 Å². The van der Waals surface area contributed by atoms with Gasteiger partial charge in [-0.3, -0.25) is 14.5 Å². The average Bonchev–Trinajstić information content (AvgIpc) is 2.93. The van der Waals surface area contributed by atoms with Gasteiger partial charge in [-0.1, -0.05) is 60.4 Å². The van der Waals surface area contributed by atoms with Gasteiger partial charge in [0.1, 0.15) is 16.7 Å². The van der Waals surface area contributed by atoms with Gasteiger partial charge in [-0.25, -0.2) is 0 Å². The van der Waals surface area contributed by atoms with Crippen molar-refractivity contribution in [1.82, 2.24) is 4.90 Å². The van der Waals surface area contributed by atoms with Gasteiger partial charge >= 0.3 is 5.97 Å². The molecule has 0 radical (unpaired) electrons. The number of carbonyl (C=O) groups is 2. The van der Waals surface area contributed by atoms with Crippen LogP contribution in [0.3, 0.4) is 0 Å². The van der Waals surface area contributed by atoms with Gasteiger partial charge in [0.25, 0.3) is 5.91 Å². The highest BCUT2D eigenvalue weighted by Gasteiger charge is 2.32. The Hall–Kier alpha value is -2.16. The third-order valence-corrected chi connectivity index (χ3v) is 5.91. The maximum Gasteiger partial charge on any atom is 0.305 e. The molecule has 0 atom stereocenters. The summed E-state index contributed by atoms with van der Waals surface area (Å²) in [4.78, 5) is 25.0. The van der Waals surface area contributed by atoms with E-state index in [1.807, 2.05) is 48.5 Å². The minimum absolute atomic E-state index is 0.0767. The molecule has 5 nitrogen and oxygen atoms in total. The summed E-state index contributed by atoms with van der Waals surface area (Å²) in [6.45, 7) is 0.536. The summed E-state index contributed by atoms with van der Waals surface area (Å²) in [6, 6.07) is 15.4. The molecule has 3 rings (SSSR count). The summed E-state index contributed by atoms with van der Waals surface area (Å²) < 4.78 is 6.98. The number of carboxylic acid groups (broad SMARTS) is 1. The average molecular weight is 478 g/mol. The molecule has 1 heterocycles. The fourth-order valence-electron chi connectivity index (χ4n) is 2.51. The second-order valence-electron chi connectivity index (χ2n) is 5.94. The van der Waals surface area contributed by atoms with Crippen LogP contribution in [0.25, 0.3) is 6.08 Å². The van der Waals surface area contributed by atoms with Crippen LogP contribution in [0.5, 0.6) is 5.75 Å². The molecular weight excluding hydrogens is 462 g/mol. The number of hydrogen-bond donors (Lipinski definition) is 1. The van der Waals surface area contributed by atoms with Crippen LogP contribution in [0.1, 0.15) is 17.5 Å². The Balaban J connectivity index is 1.69. The Morgan fingerprint density at radius 1 is 1.25 bits per heavy atom. The van der Waals surface area contributed by atoms with Crippen molar-refractivity contribution < 1.29 is 19.4 Å². The van der Waals surface area contributed by atoms with E-state index < -0.39 is 5.97 Å². The van der Waals surface area contributed by atoms with Crippen molar-refractivity contribution in [2.24, 2.45) is 0 Å². The number of rotatable bonds is 7. The van der Waals surface area contributed by atoms with E-state index >= 15 is 0 Å². The lowest BCUT2D eigenvalue weighted by molar-refractivity contribution is -0.137. The summed E-state index contributed by atoms with van der Waals surface area (Å²) in [5, 5.41) is 8.80. The smallest absolute Gasteiger partial charge is 0.305 e. The zero-order valence-electron chi connectivity index (χ0n) is 14.6. The van der Waals surface area contributed by atoms with E-state index in [4.69, 9.17) is 22.1 Å². The first-order chi connectivity index (χ1) is 13.4. The molecule has 0 saturated carbocycles. The molecule has 1 amide bonds. The van der Waals surface area contributed by atoms with Gasteiger partial charge < -0.3 is 9.84 Å². The Morgan fingerprint density at radius 3 is 2.68 bits per heavy atom. The van der Waals surface area contributed by atoms with Crippen LogP contribution in [0.15, 0.2) is 57.9 Å². The molecule has 2 aromatic carbocycles. The summed E-state index contributed by atoms with van der Waals surface area (Å²) in [6.07, 6.45) is 1.60. The number of halogens is 1. The molecule has 2 aromatic rings. The maximum atomic E-state index is 12.5. The van der Waals surface area contributed by atoms with Crippen molar-refractivity contribution in [2.45, 2.75) is 13.0 Å². The van der Waals surface area contributed by atoms with Crippen molar-refractivity contribution in [1.29, 1.82) is 0 Å². The molecule has 0 spiro atoms. The zero-order valence-corrected chi connectivity index (χ0v) is 17.9. The molecule has 1 aliphatic heterocycles. The van der Waals surface area contributed by atoms with E-state index in [0.29, 0.717) is 21.6 Å². The minimum Gasteiger partial charge on any atom is -0.488 e. The van der Waals surface area contributed by atoms with Crippen molar-refractivity contribution in [3.8, 4) is 5.75 Å². The summed E-state index contributed by atoms with van der Waals surface area (Å²) in [5.41, 5.74) is 1.89. The van der Waals surface area contributed by atoms with E-state index in [9.17, 15) is 9.59 Å². The number of amides is 1. The van der Waals surface area contributed by atoms with Crippen LogP contribution in [0.2, 0.25) is 0 Å². The molecule has 8 heteroatoms. The molecule has 0 aromatic heterocycles. The molecule has 0 aliphatic carbocycles. The summed E-state index contributed by atoms with van der Waals surface area (Å²) >= 11 is 9.87. The van der Waals surface area contributed by atoms with Crippen LogP contribution in [0, 0.1) is 0 Å². The van der Waals surface area contributed by atoms with E-state index in [2.05, 4.69) is 15.9 Å². The third kappa shape index (κ3) is 5.21. The molecule has 1 saturated heterocycles. The lowest BCUT2D eigenvalue weighted by atomic mass is 10.2. The summed E-state index contributed by atoms with van der Waals surface area (Å²) in [7, 11) is 0. The van der Waals surface area contributed by atoms with Gasteiger partial charge in [-0.2, -0.15) is 0 Å². The quantitative estimate of drug-likeness (QED) is 0.460. The van der Waals surface area contributed by atoms with E-state index in [-0.39, 0.29) is 18.9 Å². The molecular formula is C20H16BrNO4S2. The first-order valence-corrected chi connectivity index (χ1v) is 10.4. The number of thiocarbonyl (C=S) groups is 1. The van der Waals surface area contributed by atoms with Crippen LogP contribution < -0.4 is 4.74 Å². The highest BCUT2D eigenvalue weighted by molar-refractivity contribution is 9.10. The predicted molar refractivity (Wildman–Crippen MR) is 117 cm³/mol. The first-order valence-electron chi connectivity index (χ1n) is 8.37. The van der Waals surface area contributed by atoms with Crippen LogP contribution in [0.4, 0.5) is 0 Å².